The predicted octanol–water partition coefficient (Wildman–Crippen LogP) is 0.324. The number of hydrogen-bond donors (Lipinski definition) is 0. The van der Waals surface area contributed by atoms with Crippen molar-refractivity contribution in [3.8, 4) is 0 Å². The van der Waals surface area contributed by atoms with Gasteiger partial charge in [0.25, 0.3) is 0 Å². The number of nitrogens with zero attached hydrogens (tertiary/aromatic N) is 1. The molecule has 2 aliphatic rings. The maximum Gasteiger partial charge on any atom is 0.356 e. The molecular weight excluding hydrogens is 146 g/mol. The Morgan fingerprint density at radius 2 is 2.55 bits per heavy atom. The van der Waals surface area contributed by atoms with Crippen LogP contribution in [0.2, 0.25) is 0 Å². The van der Waals surface area contributed by atoms with Crippen molar-refractivity contribution in [2.75, 3.05) is 6.61 Å². The highest BCUT2D eigenvalue weighted by Crippen LogP contribution is 2.26. The first-order valence-corrected chi connectivity index (χ1v) is 3.73. The van der Waals surface area contributed by atoms with E-state index < -0.39 is 0 Å². The van der Waals surface area contributed by atoms with Gasteiger partial charge in [0.2, 0.25) is 0 Å². The molecule has 0 aromatic carbocycles. The molecule has 4 heteroatoms. The molecule has 2 atom stereocenters. The molecule has 0 radical (unpaired) electrons. The van der Waals surface area contributed by atoms with Crippen LogP contribution >= 0.6 is 0 Å². The van der Waals surface area contributed by atoms with Gasteiger partial charge in [-0.15, -0.1) is 0 Å². The highest BCUT2D eigenvalue weighted by Gasteiger charge is 2.43. The number of fused-ring (bicyclic) bond motifs is 1. The van der Waals surface area contributed by atoms with Gasteiger partial charge in [-0.2, -0.15) is 0 Å². The standard InChI is InChI=1S/C7H9NO3/c1-2-5-4-3-10-7(9)6(4)8-11-5/h4-5H,2-3H2,1H3/t4?,5-/m1/s1. The monoisotopic (exact) mass is 155 g/mol. The normalized spacial score (nSPS) is 34.3. The van der Waals surface area contributed by atoms with Crippen LogP contribution in [0.25, 0.3) is 0 Å². The summed E-state index contributed by atoms with van der Waals surface area (Å²) in [6.45, 7) is 2.45. The maximum absolute atomic E-state index is 10.9. The highest BCUT2D eigenvalue weighted by atomic mass is 16.7. The second-order valence-electron chi connectivity index (χ2n) is 2.73. The Labute approximate surface area is 64.2 Å². The third-order valence-electron chi connectivity index (χ3n) is 2.09. The van der Waals surface area contributed by atoms with E-state index in [1.165, 1.54) is 0 Å². The van der Waals surface area contributed by atoms with Gasteiger partial charge in [0.05, 0.1) is 5.92 Å². The number of hydrogen-bond acceptors (Lipinski definition) is 4. The zero-order chi connectivity index (χ0) is 7.84. The van der Waals surface area contributed by atoms with E-state index >= 15 is 0 Å². The predicted molar refractivity (Wildman–Crippen MR) is 37.0 cm³/mol. The Hall–Kier alpha value is -1.06. The highest BCUT2D eigenvalue weighted by molar-refractivity contribution is 6.39. The van der Waals surface area contributed by atoms with Crippen LogP contribution in [-0.2, 0) is 14.4 Å². The Morgan fingerprint density at radius 1 is 1.73 bits per heavy atom. The van der Waals surface area contributed by atoms with E-state index in [1.54, 1.807) is 0 Å². The van der Waals surface area contributed by atoms with Crippen molar-refractivity contribution in [3.63, 3.8) is 0 Å². The first-order valence-electron chi connectivity index (χ1n) is 3.73. The summed E-state index contributed by atoms with van der Waals surface area (Å²) in [5, 5.41) is 3.67. The number of oxime groups is 1. The summed E-state index contributed by atoms with van der Waals surface area (Å²) >= 11 is 0. The van der Waals surface area contributed by atoms with Gasteiger partial charge in [0.1, 0.15) is 12.7 Å². The van der Waals surface area contributed by atoms with Crippen LogP contribution in [-0.4, -0.2) is 24.4 Å². The summed E-state index contributed by atoms with van der Waals surface area (Å²) < 4.78 is 4.80. The number of carbonyl (C=O) groups is 1. The van der Waals surface area contributed by atoms with E-state index in [-0.39, 0.29) is 18.0 Å². The van der Waals surface area contributed by atoms with Crippen LogP contribution in [0.1, 0.15) is 13.3 Å². The van der Waals surface area contributed by atoms with Crippen molar-refractivity contribution < 1.29 is 14.4 Å². The number of rotatable bonds is 1. The molecule has 2 aliphatic heterocycles. The van der Waals surface area contributed by atoms with E-state index in [4.69, 9.17) is 9.57 Å². The molecule has 4 nitrogen and oxygen atoms in total. The third-order valence-corrected chi connectivity index (χ3v) is 2.09. The van der Waals surface area contributed by atoms with E-state index in [1.807, 2.05) is 6.92 Å². The largest absolute Gasteiger partial charge is 0.460 e. The van der Waals surface area contributed by atoms with Crippen molar-refractivity contribution in [1.29, 1.82) is 0 Å². The van der Waals surface area contributed by atoms with Gasteiger partial charge in [-0.1, -0.05) is 12.1 Å². The zero-order valence-electron chi connectivity index (χ0n) is 6.24. The van der Waals surface area contributed by atoms with Gasteiger partial charge in [0.15, 0.2) is 5.71 Å². The van der Waals surface area contributed by atoms with Crippen molar-refractivity contribution in [1.82, 2.24) is 0 Å². The fourth-order valence-corrected chi connectivity index (χ4v) is 1.42. The van der Waals surface area contributed by atoms with E-state index in [2.05, 4.69) is 5.16 Å². The van der Waals surface area contributed by atoms with E-state index in [0.717, 1.165) is 6.42 Å². The molecule has 2 rings (SSSR count). The van der Waals surface area contributed by atoms with Crippen LogP contribution in [0, 0.1) is 5.92 Å². The van der Waals surface area contributed by atoms with E-state index in [0.29, 0.717) is 12.3 Å². The Kier molecular flexibility index (Phi) is 1.34. The molecule has 0 amide bonds. The molecule has 0 aromatic rings. The van der Waals surface area contributed by atoms with Crippen molar-refractivity contribution >= 4 is 11.7 Å². The van der Waals surface area contributed by atoms with E-state index in [9.17, 15) is 4.79 Å². The number of esters is 1. The SMILES string of the molecule is CC[C@H]1ON=C2C(=O)OCC21. The van der Waals surface area contributed by atoms with Gasteiger partial charge in [-0.05, 0) is 6.42 Å². The summed E-state index contributed by atoms with van der Waals surface area (Å²) in [6.07, 6.45) is 0.922. The summed E-state index contributed by atoms with van der Waals surface area (Å²) in [7, 11) is 0. The minimum atomic E-state index is -0.314. The molecule has 2 heterocycles. The van der Waals surface area contributed by atoms with Gasteiger partial charge < -0.3 is 9.57 Å². The molecule has 1 saturated heterocycles. The van der Waals surface area contributed by atoms with Crippen LogP contribution in [0.5, 0.6) is 0 Å². The lowest BCUT2D eigenvalue weighted by atomic mass is 9.99. The molecule has 0 N–H and O–H groups in total. The van der Waals surface area contributed by atoms with Crippen molar-refractivity contribution in [2.24, 2.45) is 11.1 Å². The molecule has 0 aromatic heterocycles. The number of carbonyl (C=O) groups excluding carboxylic acids is 1. The molecule has 11 heavy (non-hydrogen) atoms. The number of ether oxygens (including phenoxy) is 1. The minimum Gasteiger partial charge on any atom is -0.460 e. The molecule has 60 valence electrons. The number of cyclic esters (lactones) is 1. The zero-order valence-corrected chi connectivity index (χ0v) is 6.24. The summed E-state index contributed by atoms with van der Waals surface area (Å²) in [5.74, 6) is -0.224. The fourth-order valence-electron chi connectivity index (χ4n) is 1.42. The van der Waals surface area contributed by atoms with Crippen LogP contribution in [0.15, 0.2) is 5.16 Å². The minimum absolute atomic E-state index is 0.0523. The molecule has 1 fully saturated rings. The van der Waals surface area contributed by atoms with Crippen LogP contribution in [0.4, 0.5) is 0 Å². The van der Waals surface area contributed by atoms with Crippen molar-refractivity contribution in [3.05, 3.63) is 0 Å². The fraction of sp³-hybridized carbons (Fsp3) is 0.714. The Bertz CT molecular complexity index is 224. The average Bonchev–Trinajstić information content (AvgIpc) is 2.53. The molecular formula is C7H9NO3. The molecule has 0 aliphatic carbocycles. The Morgan fingerprint density at radius 3 is 3.27 bits per heavy atom. The topological polar surface area (TPSA) is 47.9 Å². The molecule has 0 bridgehead atoms. The first kappa shape index (κ1) is 6.64. The average molecular weight is 155 g/mol. The van der Waals surface area contributed by atoms with Crippen LogP contribution < -0.4 is 0 Å². The lowest BCUT2D eigenvalue weighted by Gasteiger charge is -2.08. The first-order chi connectivity index (χ1) is 5.33. The summed E-state index contributed by atoms with van der Waals surface area (Å²) in [4.78, 5) is 15.9. The lowest BCUT2D eigenvalue weighted by molar-refractivity contribution is -0.134. The van der Waals surface area contributed by atoms with Gasteiger partial charge in [-0.25, -0.2) is 4.79 Å². The van der Waals surface area contributed by atoms with Crippen LogP contribution in [0.3, 0.4) is 0 Å². The van der Waals surface area contributed by atoms with Gasteiger partial charge in [-0.3, -0.25) is 0 Å². The lowest BCUT2D eigenvalue weighted by Crippen LogP contribution is -2.22. The van der Waals surface area contributed by atoms with Gasteiger partial charge >= 0.3 is 5.97 Å². The molecule has 0 saturated carbocycles. The van der Waals surface area contributed by atoms with Crippen molar-refractivity contribution in [2.45, 2.75) is 19.4 Å². The maximum atomic E-state index is 10.9. The summed E-state index contributed by atoms with van der Waals surface area (Å²) in [5.41, 5.74) is 0.469. The Balaban J connectivity index is 2.19. The van der Waals surface area contributed by atoms with Gasteiger partial charge in [0, 0.05) is 0 Å². The molecule has 0 spiro atoms. The summed E-state index contributed by atoms with van der Waals surface area (Å²) in [6, 6.07) is 0. The quantitative estimate of drug-likeness (QED) is 0.512. The third kappa shape index (κ3) is 0.818. The smallest absolute Gasteiger partial charge is 0.356 e. The molecule has 1 unspecified atom stereocenters. The second kappa shape index (κ2) is 2.22. The second-order valence-corrected chi connectivity index (χ2v) is 2.73.